The maximum atomic E-state index is 11.9. The molecule has 0 aliphatic carbocycles. The van der Waals surface area contributed by atoms with Crippen molar-refractivity contribution < 1.29 is 14.6 Å². The summed E-state index contributed by atoms with van der Waals surface area (Å²) in [5.74, 6) is -0.472. The molecule has 21 heavy (non-hydrogen) atoms. The predicted octanol–water partition coefficient (Wildman–Crippen LogP) is 2.20. The zero-order chi connectivity index (χ0) is 16.0. The highest BCUT2D eigenvalue weighted by Gasteiger charge is 2.27. The number of hydrogen-bond acceptors (Lipinski definition) is 5. The van der Waals surface area contributed by atoms with Gasteiger partial charge in [-0.1, -0.05) is 13.0 Å². The summed E-state index contributed by atoms with van der Waals surface area (Å²) in [6, 6.07) is 4.74. The number of aliphatic hydroxyl groups excluding tert-OH is 1. The topological polar surface area (TPSA) is 85.4 Å². The monoisotopic (exact) mass is 294 g/mol. The molecule has 3 unspecified atom stereocenters. The Kier molecular flexibility index (Phi) is 6.30. The van der Waals surface area contributed by atoms with Crippen molar-refractivity contribution in [2.75, 3.05) is 0 Å². The van der Waals surface area contributed by atoms with Gasteiger partial charge in [-0.15, -0.1) is 0 Å². The molecule has 0 radical (unpaired) electrons. The third kappa shape index (κ3) is 6.23. The lowest BCUT2D eigenvalue weighted by Crippen LogP contribution is -2.41. The van der Waals surface area contributed by atoms with Gasteiger partial charge in [0.05, 0.1) is 11.8 Å². The molecular weight excluding hydrogens is 268 g/mol. The van der Waals surface area contributed by atoms with E-state index in [9.17, 15) is 9.90 Å². The second-order valence-corrected chi connectivity index (χ2v) is 6.38. The molecule has 0 aromatic carbocycles. The van der Waals surface area contributed by atoms with Gasteiger partial charge in [0.2, 0.25) is 0 Å². The van der Waals surface area contributed by atoms with E-state index in [0.29, 0.717) is 18.5 Å². The molecule has 0 saturated heterocycles. The third-order valence-electron chi connectivity index (χ3n) is 3.22. The van der Waals surface area contributed by atoms with Gasteiger partial charge in [-0.2, -0.15) is 0 Å². The minimum Gasteiger partial charge on any atom is -0.459 e. The molecule has 0 aliphatic rings. The number of carbonyl (C=O) groups excluding carboxylic acids is 1. The smallest absolute Gasteiger partial charge is 0.323 e. The summed E-state index contributed by atoms with van der Waals surface area (Å²) in [6.07, 6.45) is 2.14. The fourth-order valence-corrected chi connectivity index (χ4v) is 1.92. The van der Waals surface area contributed by atoms with Gasteiger partial charge in [-0.25, -0.2) is 0 Å². The highest BCUT2D eigenvalue weighted by Crippen LogP contribution is 2.21. The molecular formula is C16H26N2O3. The number of nitrogens with two attached hydrogens (primary N) is 1. The van der Waals surface area contributed by atoms with Crippen LogP contribution in [0.2, 0.25) is 0 Å². The summed E-state index contributed by atoms with van der Waals surface area (Å²) >= 11 is 0. The molecule has 5 heteroatoms. The average Bonchev–Trinajstić information content (AvgIpc) is 2.42. The molecule has 0 aliphatic heterocycles. The van der Waals surface area contributed by atoms with E-state index < -0.39 is 23.7 Å². The van der Waals surface area contributed by atoms with Crippen LogP contribution < -0.4 is 5.73 Å². The van der Waals surface area contributed by atoms with Crippen molar-refractivity contribution >= 4 is 5.97 Å². The summed E-state index contributed by atoms with van der Waals surface area (Å²) < 4.78 is 5.27. The first kappa shape index (κ1) is 17.6. The number of rotatable bonds is 6. The van der Waals surface area contributed by atoms with Gasteiger partial charge in [-0.3, -0.25) is 9.78 Å². The Morgan fingerprint density at radius 1 is 1.38 bits per heavy atom. The van der Waals surface area contributed by atoms with E-state index in [0.717, 1.165) is 0 Å². The quantitative estimate of drug-likeness (QED) is 0.786. The van der Waals surface area contributed by atoms with Crippen LogP contribution in [-0.4, -0.2) is 27.7 Å². The zero-order valence-corrected chi connectivity index (χ0v) is 13.2. The molecule has 0 saturated carbocycles. The van der Waals surface area contributed by atoms with Crippen molar-refractivity contribution in [3.8, 4) is 0 Å². The van der Waals surface area contributed by atoms with Crippen LogP contribution in [0.3, 0.4) is 0 Å². The first-order chi connectivity index (χ1) is 9.70. The van der Waals surface area contributed by atoms with Crippen LogP contribution in [-0.2, 0) is 9.53 Å². The molecule has 1 rings (SSSR count). The highest BCUT2D eigenvalue weighted by molar-refractivity contribution is 5.76. The molecule has 0 spiro atoms. The summed E-state index contributed by atoms with van der Waals surface area (Å²) in [4.78, 5) is 16.0. The number of hydrogen-bond donors (Lipinski definition) is 2. The minimum absolute atomic E-state index is 0.0711. The second kappa shape index (κ2) is 7.52. The van der Waals surface area contributed by atoms with E-state index in [1.165, 1.54) is 0 Å². The summed E-state index contributed by atoms with van der Waals surface area (Å²) in [7, 11) is 0. The SMILES string of the molecule is CC(CCC(O)c1ccccn1)C(N)C(=O)OC(C)(C)C. The van der Waals surface area contributed by atoms with Gasteiger partial charge in [0.25, 0.3) is 0 Å². The molecule has 1 aromatic heterocycles. The fraction of sp³-hybridized carbons (Fsp3) is 0.625. The molecule has 0 bridgehead atoms. The van der Waals surface area contributed by atoms with Gasteiger partial charge < -0.3 is 15.6 Å². The number of nitrogens with zero attached hydrogens (tertiary/aromatic N) is 1. The molecule has 3 N–H and O–H groups in total. The summed E-state index contributed by atoms with van der Waals surface area (Å²) in [6.45, 7) is 7.33. The normalized spacial score (nSPS) is 16.1. The standard InChI is InChI=1S/C16H26N2O3/c1-11(14(17)15(20)21-16(2,3)4)8-9-13(19)12-7-5-6-10-18-12/h5-7,10-11,13-14,19H,8-9,17H2,1-4H3. The van der Waals surface area contributed by atoms with Crippen LogP contribution in [0.15, 0.2) is 24.4 Å². The number of ether oxygens (including phenoxy) is 1. The Balaban J connectivity index is 2.46. The number of esters is 1. The Morgan fingerprint density at radius 2 is 2.05 bits per heavy atom. The maximum Gasteiger partial charge on any atom is 0.323 e. The Hall–Kier alpha value is -1.46. The van der Waals surface area contributed by atoms with Crippen LogP contribution in [0, 0.1) is 5.92 Å². The van der Waals surface area contributed by atoms with Gasteiger partial charge >= 0.3 is 5.97 Å². The lowest BCUT2D eigenvalue weighted by Gasteiger charge is -2.25. The van der Waals surface area contributed by atoms with Crippen LogP contribution in [0.25, 0.3) is 0 Å². The highest BCUT2D eigenvalue weighted by atomic mass is 16.6. The molecule has 5 nitrogen and oxygen atoms in total. The Labute approximate surface area is 126 Å². The van der Waals surface area contributed by atoms with E-state index in [4.69, 9.17) is 10.5 Å². The average molecular weight is 294 g/mol. The van der Waals surface area contributed by atoms with E-state index in [2.05, 4.69) is 4.98 Å². The van der Waals surface area contributed by atoms with Crippen molar-refractivity contribution in [3.05, 3.63) is 30.1 Å². The molecule has 0 amide bonds. The van der Waals surface area contributed by atoms with Crippen molar-refractivity contribution in [1.82, 2.24) is 4.98 Å². The van der Waals surface area contributed by atoms with Crippen LogP contribution in [0.5, 0.6) is 0 Å². The maximum absolute atomic E-state index is 11.9. The fourth-order valence-electron chi connectivity index (χ4n) is 1.92. The van der Waals surface area contributed by atoms with E-state index in [-0.39, 0.29) is 5.92 Å². The molecule has 1 heterocycles. The lowest BCUT2D eigenvalue weighted by atomic mass is 9.94. The van der Waals surface area contributed by atoms with Gasteiger partial charge in [-0.05, 0) is 51.7 Å². The number of pyridine rings is 1. The summed E-state index contributed by atoms with van der Waals surface area (Å²) in [5.41, 5.74) is 6.02. The molecule has 3 atom stereocenters. The van der Waals surface area contributed by atoms with Crippen molar-refractivity contribution in [2.24, 2.45) is 11.7 Å². The third-order valence-corrected chi connectivity index (χ3v) is 3.22. The van der Waals surface area contributed by atoms with Gasteiger partial charge in [0.15, 0.2) is 0 Å². The number of aliphatic hydroxyl groups is 1. The molecule has 0 fully saturated rings. The van der Waals surface area contributed by atoms with E-state index in [1.54, 1.807) is 18.3 Å². The van der Waals surface area contributed by atoms with Crippen molar-refractivity contribution in [2.45, 2.75) is 58.3 Å². The summed E-state index contributed by atoms with van der Waals surface area (Å²) in [5, 5.41) is 10.1. The molecule has 1 aromatic rings. The van der Waals surface area contributed by atoms with Gasteiger partial charge in [0, 0.05) is 6.20 Å². The van der Waals surface area contributed by atoms with Crippen LogP contribution in [0.4, 0.5) is 0 Å². The van der Waals surface area contributed by atoms with Crippen molar-refractivity contribution in [1.29, 1.82) is 0 Å². The van der Waals surface area contributed by atoms with Crippen molar-refractivity contribution in [3.63, 3.8) is 0 Å². The largest absolute Gasteiger partial charge is 0.459 e. The minimum atomic E-state index is -0.680. The number of carbonyl (C=O) groups is 1. The van der Waals surface area contributed by atoms with Crippen LogP contribution in [0.1, 0.15) is 52.3 Å². The van der Waals surface area contributed by atoms with E-state index >= 15 is 0 Å². The zero-order valence-electron chi connectivity index (χ0n) is 13.2. The second-order valence-electron chi connectivity index (χ2n) is 6.38. The number of aromatic nitrogens is 1. The van der Waals surface area contributed by atoms with Crippen LogP contribution >= 0.6 is 0 Å². The molecule has 118 valence electrons. The lowest BCUT2D eigenvalue weighted by molar-refractivity contribution is -0.157. The van der Waals surface area contributed by atoms with E-state index in [1.807, 2.05) is 33.8 Å². The Bertz CT molecular complexity index is 443. The predicted molar refractivity (Wildman–Crippen MR) is 81.4 cm³/mol. The Morgan fingerprint density at radius 3 is 2.57 bits per heavy atom. The first-order valence-corrected chi connectivity index (χ1v) is 7.28. The van der Waals surface area contributed by atoms with Gasteiger partial charge in [0.1, 0.15) is 11.6 Å². The first-order valence-electron chi connectivity index (χ1n) is 7.28.